The van der Waals surface area contributed by atoms with E-state index in [1.807, 2.05) is 18.2 Å². The van der Waals surface area contributed by atoms with Gasteiger partial charge in [0.2, 0.25) is 0 Å². The molecule has 4 nitrogen and oxygen atoms in total. The van der Waals surface area contributed by atoms with Crippen molar-refractivity contribution in [1.82, 2.24) is 9.55 Å². The summed E-state index contributed by atoms with van der Waals surface area (Å²) in [5.41, 5.74) is 2.95. The van der Waals surface area contributed by atoms with Crippen LogP contribution in [0.2, 0.25) is 0 Å². The van der Waals surface area contributed by atoms with Crippen LogP contribution in [-0.2, 0) is 19.4 Å². The van der Waals surface area contributed by atoms with Crippen molar-refractivity contribution in [2.45, 2.75) is 46.6 Å². The van der Waals surface area contributed by atoms with Crippen molar-refractivity contribution in [2.24, 2.45) is 11.3 Å². The van der Waals surface area contributed by atoms with Gasteiger partial charge in [0, 0.05) is 4.88 Å². The SMILES string of the molecule is CC(C)(C)C1CCc2c(sc3ncn(Cc4ccccc4C#N)c(=O)c23)C1. The number of nitriles is 1. The third-order valence-electron chi connectivity index (χ3n) is 5.74. The molecule has 27 heavy (non-hydrogen) atoms. The molecule has 0 saturated carbocycles. The molecule has 2 aromatic heterocycles. The van der Waals surface area contributed by atoms with E-state index in [9.17, 15) is 10.1 Å². The fourth-order valence-corrected chi connectivity index (χ4v) is 5.26. The maximum atomic E-state index is 13.2. The Morgan fingerprint density at radius 3 is 2.85 bits per heavy atom. The summed E-state index contributed by atoms with van der Waals surface area (Å²) in [6, 6.07) is 9.62. The topological polar surface area (TPSA) is 58.7 Å². The summed E-state index contributed by atoms with van der Waals surface area (Å²) in [6.07, 6.45) is 4.74. The Kier molecular flexibility index (Phi) is 4.39. The van der Waals surface area contributed by atoms with Gasteiger partial charge in [-0.25, -0.2) is 4.98 Å². The minimum absolute atomic E-state index is 0.0134. The highest BCUT2D eigenvalue weighted by atomic mass is 32.1. The van der Waals surface area contributed by atoms with Crippen molar-refractivity contribution in [3.63, 3.8) is 0 Å². The minimum atomic E-state index is 0.0134. The van der Waals surface area contributed by atoms with Gasteiger partial charge in [0.15, 0.2) is 0 Å². The molecule has 2 heterocycles. The van der Waals surface area contributed by atoms with E-state index < -0.39 is 0 Å². The third kappa shape index (κ3) is 3.19. The van der Waals surface area contributed by atoms with Gasteiger partial charge in [-0.2, -0.15) is 5.26 Å². The van der Waals surface area contributed by atoms with Crippen LogP contribution < -0.4 is 5.56 Å². The zero-order valence-electron chi connectivity index (χ0n) is 16.0. The van der Waals surface area contributed by atoms with Crippen LogP contribution in [0.3, 0.4) is 0 Å². The fourth-order valence-electron chi connectivity index (χ4n) is 4.00. The van der Waals surface area contributed by atoms with Crippen LogP contribution in [0.15, 0.2) is 35.4 Å². The van der Waals surface area contributed by atoms with Gasteiger partial charge in [-0.3, -0.25) is 9.36 Å². The van der Waals surface area contributed by atoms with Gasteiger partial charge in [-0.15, -0.1) is 11.3 Å². The molecule has 1 aromatic carbocycles. The largest absolute Gasteiger partial charge is 0.294 e. The summed E-state index contributed by atoms with van der Waals surface area (Å²) in [5.74, 6) is 0.641. The first-order chi connectivity index (χ1) is 12.9. The lowest BCUT2D eigenvalue weighted by atomic mass is 9.72. The van der Waals surface area contributed by atoms with E-state index in [1.54, 1.807) is 28.3 Å². The van der Waals surface area contributed by atoms with Gasteiger partial charge in [-0.1, -0.05) is 39.0 Å². The molecule has 0 radical (unpaired) electrons. The van der Waals surface area contributed by atoms with Crippen molar-refractivity contribution >= 4 is 21.6 Å². The summed E-state index contributed by atoms with van der Waals surface area (Å²) in [7, 11) is 0. The monoisotopic (exact) mass is 377 g/mol. The average Bonchev–Trinajstić information content (AvgIpc) is 3.02. The number of aromatic nitrogens is 2. The van der Waals surface area contributed by atoms with Gasteiger partial charge >= 0.3 is 0 Å². The average molecular weight is 378 g/mol. The Morgan fingerprint density at radius 2 is 2.11 bits per heavy atom. The molecule has 5 heteroatoms. The lowest BCUT2D eigenvalue weighted by Crippen LogP contribution is -2.27. The maximum Gasteiger partial charge on any atom is 0.262 e. The normalized spacial score (nSPS) is 16.9. The van der Waals surface area contributed by atoms with Crippen LogP contribution in [0.5, 0.6) is 0 Å². The lowest BCUT2D eigenvalue weighted by Gasteiger charge is -2.33. The van der Waals surface area contributed by atoms with E-state index in [2.05, 4.69) is 31.8 Å². The Bertz CT molecular complexity index is 1110. The van der Waals surface area contributed by atoms with Crippen LogP contribution in [0, 0.1) is 22.7 Å². The second-order valence-corrected chi connectivity index (χ2v) is 9.52. The lowest BCUT2D eigenvalue weighted by molar-refractivity contribution is 0.218. The number of hydrogen-bond acceptors (Lipinski definition) is 4. The van der Waals surface area contributed by atoms with E-state index in [0.717, 1.165) is 35.0 Å². The fraction of sp³-hybridized carbons (Fsp3) is 0.409. The molecule has 4 rings (SSSR count). The first-order valence-corrected chi connectivity index (χ1v) is 10.2. The van der Waals surface area contributed by atoms with Crippen LogP contribution in [0.4, 0.5) is 0 Å². The number of rotatable bonds is 2. The second kappa shape index (κ2) is 6.61. The standard InChI is InChI=1S/C22H23N3OS/c1-22(2,3)16-8-9-17-18(10-16)27-20-19(17)21(26)25(13-24-20)12-15-7-5-4-6-14(15)11-23/h4-7,13,16H,8-10,12H2,1-3H3. The van der Waals surface area contributed by atoms with Crippen LogP contribution >= 0.6 is 11.3 Å². The van der Waals surface area contributed by atoms with Crippen molar-refractivity contribution in [2.75, 3.05) is 0 Å². The Morgan fingerprint density at radius 1 is 1.33 bits per heavy atom. The Balaban J connectivity index is 1.76. The number of nitrogens with zero attached hydrogens (tertiary/aromatic N) is 3. The molecule has 138 valence electrons. The smallest absolute Gasteiger partial charge is 0.262 e. The minimum Gasteiger partial charge on any atom is -0.294 e. The van der Waals surface area contributed by atoms with Gasteiger partial charge in [0.1, 0.15) is 4.83 Å². The van der Waals surface area contributed by atoms with E-state index in [0.29, 0.717) is 18.0 Å². The van der Waals surface area contributed by atoms with Crippen molar-refractivity contribution in [1.29, 1.82) is 5.26 Å². The number of thiophene rings is 1. The molecule has 1 aliphatic rings. The van der Waals surface area contributed by atoms with E-state index in [-0.39, 0.29) is 11.0 Å². The maximum absolute atomic E-state index is 13.2. The highest BCUT2D eigenvalue weighted by molar-refractivity contribution is 7.18. The number of benzene rings is 1. The summed E-state index contributed by atoms with van der Waals surface area (Å²) in [5, 5.41) is 10.1. The number of fused-ring (bicyclic) bond motifs is 3. The van der Waals surface area contributed by atoms with Crippen LogP contribution in [-0.4, -0.2) is 9.55 Å². The molecule has 0 amide bonds. The molecule has 1 atom stereocenters. The predicted octanol–water partition coefficient (Wildman–Crippen LogP) is 4.53. The summed E-state index contributed by atoms with van der Waals surface area (Å²) >= 11 is 1.68. The molecule has 0 N–H and O–H groups in total. The molecule has 0 saturated heterocycles. The Hall–Kier alpha value is -2.45. The quantitative estimate of drug-likeness (QED) is 0.659. The first-order valence-electron chi connectivity index (χ1n) is 9.36. The predicted molar refractivity (Wildman–Crippen MR) is 109 cm³/mol. The van der Waals surface area contributed by atoms with Crippen molar-refractivity contribution < 1.29 is 0 Å². The zero-order valence-corrected chi connectivity index (χ0v) is 16.8. The van der Waals surface area contributed by atoms with Gasteiger partial charge in [-0.05, 0) is 47.8 Å². The van der Waals surface area contributed by atoms with Crippen molar-refractivity contribution in [3.8, 4) is 6.07 Å². The summed E-state index contributed by atoms with van der Waals surface area (Å²) in [6.45, 7) is 7.27. The van der Waals surface area contributed by atoms with E-state index in [4.69, 9.17) is 0 Å². The van der Waals surface area contributed by atoms with Gasteiger partial charge in [0.25, 0.3) is 5.56 Å². The molecule has 0 bridgehead atoms. The number of aryl methyl sites for hydroxylation is 1. The number of hydrogen-bond donors (Lipinski definition) is 0. The van der Waals surface area contributed by atoms with E-state index in [1.165, 1.54) is 10.4 Å². The van der Waals surface area contributed by atoms with Crippen LogP contribution in [0.1, 0.15) is 48.8 Å². The zero-order chi connectivity index (χ0) is 19.2. The molecule has 0 fully saturated rings. The Labute approximate surface area is 163 Å². The van der Waals surface area contributed by atoms with Crippen molar-refractivity contribution in [3.05, 3.63) is 62.5 Å². The molecule has 1 aliphatic carbocycles. The molecular weight excluding hydrogens is 354 g/mol. The second-order valence-electron chi connectivity index (χ2n) is 8.44. The molecule has 3 aromatic rings. The third-order valence-corrected chi connectivity index (χ3v) is 6.90. The molecule has 0 spiro atoms. The molecular formula is C22H23N3OS. The van der Waals surface area contributed by atoms with E-state index >= 15 is 0 Å². The highest BCUT2D eigenvalue weighted by Crippen LogP contribution is 2.41. The summed E-state index contributed by atoms with van der Waals surface area (Å²) < 4.78 is 1.64. The molecule has 0 aliphatic heterocycles. The molecule has 1 unspecified atom stereocenters. The van der Waals surface area contributed by atoms with Crippen LogP contribution in [0.25, 0.3) is 10.2 Å². The van der Waals surface area contributed by atoms with Gasteiger partial charge < -0.3 is 0 Å². The first kappa shape index (κ1) is 17.9. The summed E-state index contributed by atoms with van der Waals surface area (Å²) in [4.78, 5) is 20.0. The van der Waals surface area contributed by atoms with Gasteiger partial charge in [0.05, 0.1) is 29.9 Å². The highest BCUT2D eigenvalue weighted by Gasteiger charge is 2.31.